The van der Waals surface area contributed by atoms with Crippen LogP contribution in [0.4, 0.5) is 0 Å². The highest BCUT2D eigenvalue weighted by Gasteiger charge is 2.46. The predicted molar refractivity (Wildman–Crippen MR) is 89.1 cm³/mol. The van der Waals surface area contributed by atoms with Gasteiger partial charge in [-0.3, -0.25) is 9.78 Å². The maximum Gasteiger partial charge on any atom is 0.166 e. The molecule has 2 aliphatic rings. The van der Waals surface area contributed by atoms with Crippen molar-refractivity contribution in [3.8, 4) is 0 Å². The molecule has 0 radical (unpaired) electrons. The molecule has 4 nitrogen and oxygen atoms in total. The first-order valence-corrected chi connectivity index (χ1v) is 9.78. The summed E-state index contributed by atoms with van der Waals surface area (Å²) in [5.41, 5.74) is 1.46. The van der Waals surface area contributed by atoms with Crippen molar-refractivity contribution in [1.29, 1.82) is 0 Å². The van der Waals surface area contributed by atoms with E-state index in [-0.39, 0.29) is 22.2 Å². The number of ketones is 1. The molecule has 0 aliphatic carbocycles. The van der Waals surface area contributed by atoms with E-state index in [1.54, 1.807) is 6.20 Å². The van der Waals surface area contributed by atoms with Crippen LogP contribution in [0, 0.1) is 5.92 Å². The van der Waals surface area contributed by atoms with E-state index in [0.29, 0.717) is 31.2 Å². The molecule has 120 valence electrons. The van der Waals surface area contributed by atoms with Gasteiger partial charge in [-0.2, -0.15) is 0 Å². The summed E-state index contributed by atoms with van der Waals surface area (Å²) in [5, 5.41) is 0.372. The fourth-order valence-electron chi connectivity index (χ4n) is 4.08. The van der Waals surface area contributed by atoms with Crippen molar-refractivity contribution in [2.45, 2.75) is 42.6 Å². The lowest BCUT2D eigenvalue weighted by Gasteiger charge is -2.38. The Labute approximate surface area is 135 Å². The van der Waals surface area contributed by atoms with Crippen molar-refractivity contribution < 1.29 is 13.2 Å². The van der Waals surface area contributed by atoms with Crippen LogP contribution in [0.5, 0.6) is 0 Å². The van der Waals surface area contributed by atoms with Crippen molar-refractivity contribution in [2.24, 2.45) is 5.92 Å². The predicted octanol–water partition coefficient (Wildman–Crippen LogP) is 3.16. The standard InChI is InChI=1S/C18H19NO3S/c20-18(13-7-6-12-3-2-8-19-17(12)11-13)14-9-15-4-1-5-16(10-14)23(15,21)22/h2-3,6-8,11,14-16H,1,4-5,9-10H2. The zero-order valence-electron chi connectivity index (χ0n) is 12.8. The van der Waals surface area contributed by atoms with E-state index in [4.69, 9.17) is 0 Å². The van der Waals surface area contributed by atoms with E-state index in [1.165, 1.54) is 0 Å². The molecule has 0 spiro atoms. The van der Waals surface area contributed by atoms with E-state index >= 15 is 0 Å². The summed E-state index contributed by atoms with van der Waals surface area (Å²) in [6.07, 6.45) is 5.07. The maximum atomic E-state index is 12.9. The highest BCUT2D eigenvalue weighted by atomic mass is 32.2. The summed E-state index contributed by atoms with van der Waals surface area (Å²) in [5.74, 6) is -0.0978. The number of Topliss-reactive ketones (excluding diaryl/α,β-unsaturated/α-hetero) is 1. The number of pyridine rings is 1. The number of carbonyl (C=O) groups is 1. The number of benzene rings is 1. The molecule has 2 aromatic rings. The number of rotatable bonds is 2. The molecule has 2 atom stereocenters. The molecular formula is C18H19NO3S. The minimum atomic E-state index is -3.01. The van der Waals surface area contributed by atoms with E-state index in [1.807, 2.05) is 30.3 Å². The number of hydrogen-bond donors (Lipinski definition) is 0. The van der Waals surface area contributed by atoms with Crippen molar-refractivity contribution in [3.05, 3.63) is 42.1 Å². The van der Waals surface area contributed by atoms with Crippen LogP contribution in [-0.4, -0.2) is 29.7 Å². The van der Waals surface area contributed by atoms with E-state index < -0.39 is 9.84 Å². The summed E-state index contributed by atoms with van der Waals surface area (Å²) in [4.78, 5) is 17.2. The Balaban J connectivity index is 1.64. The molecule has 5 heteroatoms. The summed E-state index contributed by atoms with van der Waals surface area (Å²) in [7, 11) is -3.01. The SMILES string of the molecule is O=C(c1ccc2cccnc2c1)C1CC2CCCC(C1)S2(=O)=O. The smallest absolute Gasteiger partial charge is 0.166 e. The lowest BCUT2D eigenvalue weighted by Crippen LogP contribution is -2.45. The van der Waals surface area contributed by atoms with Crippen LogP contribution >= 0.6 is 0 Å². The molecule has 1 aromatic carbocycles. The Morgan fingerprint density at radius 2 is 1.83 bits per heavy atom. The van der Waals surface area contributed by atoms with Gasteiger partial charge in [0.25, 0.3) is 0 Å². The van der Waals surface area contributed by atoms with Crippen LogP contribution in [-0.2, 0) is 9.84 Å². The van der Waals surface area contributed by atoms with Gasteiger partial charge in [-0.05, 0) is 37.8 Å². The maximum absolute atomic E-state index is 12.9. The number of sulfone groups is 1. The molecule has 0 saturated carbocycles. The molecule has 23 heavy (non-hydrogen) atoms. The van der Waals surface area contributed by atoms with E-state index in [2.05, 4.69) is 4.98 Å². The topological polar surface area (TPSA) is 64.1 Å². The second kappa shape index (κ2) is 5.41. The molecule has 2 fully saturated rings. The third-order valence-corrected chi connectivity index (χ3v) is 8.05. The highest BCUT2D eigenvalue weighted by molar-refractivity contribution is 7.92. The Bertz CT molecular complexity index is 855. The molecular weight excluding hydrogens is 310 g/mol. The molecule has 4 rings (SSSR count). The van der Waals surface area contributed by atoms with Gasteiger partial charge in [0, 0.05) is 23.1 Å². The molecule has 1 aromatic heterocycles. The lowest BCUT2D eigenvalue weighted by molar-refractivity contribution is 0.0894. The van der Waals surface area contributed by atoms with Crippen molar-refractivity contribution >= 4 is 26.5 Å². The van der Waals surface area contributed by atoms with E-state index in [9.17, 15) is 13.2 Å². The van der Waals surface area contributed by atoms with Crippen LogP contribution in [0.15, 0.2) is 36.5 Å². The Hall–Kier alpha value is -1.75. The number of fused-ring (bicyclic) bond motifs is 3. The van der Waals surface area contributed by atoms with Gasteiger partial charge in [-0.1, -0.05) is 24.6 Å². The number of hydrogen-bond acceptors (Lipinski definition) is 4. The van der Waals surface area contributed by atoms with Gasteiger partial charge in [0.2, 0.25) is 0 Å². The van der Waals surface area contributed by atoms with Crippen LogP contribution < -0.4 is 0 Å². The lowest BCUT2D eigenvalue weighted by atomic mass is 9.84. The molecule has 2 saturated heterocycles. The number of nitrogens with zero attached hydrogens (tertiary/aromatic N) is 1. The summed E-state index contributed by atoms with van der Waals surface area (Å²) >= 11 is 0. The average molecular weight is 329 g/mol. The summed E-state index contributed by atoms with van der Waals surface area (Å²) in [6.45, 7) is 0. The first-order chi connectivity index (χ1) is 11.1. The highest BCUT2D eigenvalue weighted by Crippen LogP contribution is 2.40. The van der Waals surface area contributed by atoms with Gasteiger partial charge in [0.05, 0.1) is 16.0 Å². The molecule has 2 aliphatic heterocycles. The zero-order valence-corrected chi connectivity index (χ0v) is 13.6. The van der Waals surface area contributed by atoms with Gasteiger partial charge in [-0.15, -0.1) is 0 Å². The van der Waals surface area contributed by atoms with Crippen molar-refractivity contribution in [1.82, 2.24) is 4.98 Å². The molecule has 2 unspecified atom stereocenters. The summed E-state index contributed by atoms with van der Waals surface area (Å²) < 4.78 is 24.7. The van der Waals surface area contributed by atoms with Crippen molar-refractivity contribution in [3.63, 3.8) is 0 Å². The van der Waals surface area contributed by atoms with Crippen LogP contribution in [0.3, 0.4) is 0 Å². The Kier molecular flexibility index (Phi) is 3.48. The zero-order chi connectivity index (χ0) is 16.0. The van der Waals surface area contributed by atoms with Gasteiger partial charge in [-0.25, -0.2) is 8.42 Å². The average Bonchev–Trinajstić information content (AvgIpc) is 2.53. The molecule has 2 bridgehead atoms. The van der Waals surface area contributed by atoms with Gasteiger partial charge in [0.15, 0.2) is 15.6 Å². The summed E-state index contributed by atoms with van der Waals surface area (Å²) in [6, 6.07) is 9.42. The Morgan fingerprint density at radius 1 is 1.09 bits per heavy atom. The fraction of sp³-hybridized carbons (Fsp3) is 0.444. The van der Waals surface area contributed by atoms with E-state index in [0.717, 1.165) is 17.3 Å². The van der Waals surface area contributed by atoms with Gasteiger partial charge in [0.1, 0.15) is 0 Å². The third-order valence-electron chi connectivity index (χ3n) is 5.34. The second-order valence-electron chi connectivity index (χ2n) is 6.71. The monoisotopic (exact) mass is 329 g/mol. The van der Waals surface area contributed by atoms with Crippen LogP contribution in [0.25, 0.3) is 10.9 Å². The molecule has 0 amide bonds. The second-order valence-corrected chi connectivity index (χ2v) is 9.22. The number of aromatic nitrogens is 1. The fourth-order valence-corrected chi connectivity index (χ4v) is 6.61. The largest absolute Gasteiger partial charge is 0.294 e. The first kappa shape index (κ1) is 14.8. The number of carbonyl (C=O) groups excluding carboxylic acids is 1. The Morgan fingerprint density at radius 3 is 2.57 bits per heavy atom. The van der Waals surface area contributed by atoms with Crippen LogP contribution in [0.1, 0.15) is 42.5 Å². The first-order valence-electron chi connectivity index (χ1n) is 8.17. The van der Waals surface area contributed by atoms with Crippen LogP contribution in [0.2, 0.25) is 0 Å². The van der Waals surface area contributed by atoms with Crippen molar-refractivity contribution in [2.75, 3.05) is 0 Å². The van der Waals surface area contributed by atoms with Gasteiger partial charge >= 0.3 is 0 Å². The quantitative estimate of drug-likeness (QED) is 0.794. The minimum Gasteiger partial charge on any atom is -0.294 e. The third kappa shape index (κ3) is 2.47. The normalized spacial score (nSPS) is 29.3. The molecule has 0 N–H and O–H groups in total. The molecule has 3 heterocycles. The van der Waals surface area contributed by atoms with Gasteiger partial charge < -0.3 is 0 Å². The minimum absolute atomic E-state index is 0.0735.